The molecule has 4 aromatic rings. The van der Waals surface area contributed by atoms with Crippen LogP contribution in [-0.4, -0.2) is 12.0 Å². The zero-order chi connectivity index (χ0) is 20.4. The van der Waals surface area contributed by atoms with E-state index in [2.05, 4.69) is 63.6 Å². The van der Waals surface area contributed by atoms with E-state index >= 15 is 0 Å². The fourth-order valence-electron chi connectivity index (χ4n) is 2.99. The van der Waals surface area contributed by atoms with Crippen LogP contribution in [0.3, 0.4) is 0 Å². The van der Waals surface area contributed by atoms with Gasteiger partial charge in [0.25, 0.3) is 0 Å². The molecule has 3 aromatic carbocycles. The van der Waals surface area contributed by atoms with Gasteiger partial charge < -0.3 is 4.90 Å². The average Bonchev–Trinajstić information content (AvgIpc) is 3.09. The molecule has 0 aliphatic heterocycles. The highest BCUT2D eigenvalue weighted by Crippen LogP contribution is 2.35. The van der Waals surface area contributed by atoms with Crippen LogP contribution in [0.2, 0.25) is 10.0 Å². The molecule has 146 valence electrons. The zero-order valence-electron chi connectivity index (χ0n) is 15.9. The van der Waals surface area contributed by atoms with Gasteiger partial charge in [0.05, 0.1) is 25.9 Å². The number of nitrogens with zero attached hydrogens (tertiary/aromatic N) is 4. The lowest BCUT2D eigenvalue weighted by atomic mass is 10.1. The van der Waals surface area contributed by atoms with Crippen molar-refractivity contribution in [3.8, 4) is 0 Å². The molecule has 4 rings (SSSR count). The molecule has 29 heavy (non-hydrogen) atoms. The molecule has 0 aliphatic carbocycles. The first-order valence-corrected chi connectivity index (χ1v) is 10.6. The molecule has 0 unspecified atom stereocenters. The second kappa shape index (κ2) is 8.49. The molecular weight excluding hydrogens is 423 g/mol. The standard InChI is InChI=1S/C22H18Cl2N4S/c1-14-10-16(28(2)13-15-6-4-3-5-7-15)8-9-19(14)26-27-22-25-20-11-17(23)18(24)12-21(20)29-22/h3-12H,13H2,1-2H3. The normalized spacial score (nSPS) is 11.4. The zero-order valence-corrected chi connectivity index (χ0v) is 18.3. The van der Waals surface area contributed by atoms with E-state index < -0.39 is 0 Å². The maximum absolute atomic E-state index is 6.07. The number of anilines is 1. The van der Waals surface area contributed by atoms with Crippen molar-refractivity contribution in [2.45, 2.75) is 13.5 Å². The van der Waals surface area contributed by atoms with Crippen LogP contribution in [-0.2, 0) is 6.54 Å². The van der Waals surface area contributed by atoms with Crippen LogP contribution in [0.4, 0.5) is 16.5 Å². The minimum Gasteiger partial charge on any atom is -0.370 e. The van der Waals surface area contributed by atoms with Crippen LogP contribution >= 0.6 is 34.5 Å². The van der Waals surface area contributed by atoms with Crippen molar-refractivity contribution in [1.82, 2.24) is 4.98 Å². The molecule has 1 heterocycles. The second-order valence-corrected chi connectivity index (χ2v) is 8.57. The molecule has 0 amide bonds. The van der Waals surface area contributed by atoms with Gasteiger partial charge in [-0.15, -0.1) is 10.2 Å². The Morgan fingerprint density at radius 2 is 1.72 bits per heavy atom. The Morgan fingerprint density at radius 3 is 2.48 bits per heavy atom. The molecule has 7 heteroatoms. The maximum atomic E-state index is 6.07. The molecule has 0 fully saturated rings. The van der Waals surface area contributed by atoms with Crippen LogP contribution in [0.25, 0.3) is 10.2 Å². The molecule has 1 aromatic heterocycles. The van der Waals surface area contributed by atoms with Crippen molar-refractivity contribution in [3.05, 3.63) is 81.8 Å². The van der Waals surface area contributed by atoms with Crippen molar-refractivity contribution in [2.75, 3.05) is 11.9 Å². The Kier molecular flexibility index (Phi) is 5.81. The smallest absolute Gasteiger partial charge is 0.231 e. The van der Waals surface area contributed by atoms with Gasteiger partial charge in [0.1, 0.15) is 0 Å². The van der Waals surface area contributed by atoms with Gasteiger partial charge in [0.2, 0.25) is 5.13 Å². The van der Waals surface area contributed by atoms with E-state index in [0.29, 0.717) is 15.2 Å². The molecule has 0 bridgehead atoms. The monoisotopic (exact) mass is 440 g/mol. The largest absolute Gasteiger partial charge is 0.370 e. The predicted octanol–water partition coefficient (Wildman–Crippen LogP) is 7.96. The summed E-state index contributed by atoms with van der Waals surface area (Å²) in [6.45, 7) is 2.88. The average molecular weight is 441 g/mol. The summed E-state index contributed by atoms with van der Waals surface area (Å²) in [6.07, 6.45) is 0. The Labute approximate surface area is 183 Å². The van der Waals surface area contributed by atoms with Gasteiger partial charge in [0, 0.05) is 19.3 Å². The van der Waals surface area contributed by atoms with Gasteiger partial charge in [0.15, 0.2) is 0 Å². The summed E-state index contributed by atoms with van der Waals surface area (Å²) in [5.74, 6) is 0. The fourth-order valence-corrected chi connectivity index (χ4v) is 4.18. The van der Waals surface area contributed by atoms with E-state index in [1.807, 2.05) is 19.1 Å². The van der Waals surface area contributed by atoms with E-state index in [0.717, 1.165) is 33.7 Å². The minimum absolute atomic E-state index is 0.485. The Hall–Kier alpha value is -2.47. The second-order valence-electron chi connectivity index (χ2n) is 6.74. The van der Waals surface area contributed by atoms with Crippen LogP contribution in [0.15, 0.2) is 70.9 Å². The first kappa shape index (κ1) is 19.8. The topological polar surface area (TPSA) is 40.9 Å². The third kappa shape index (κ3) is 4.58. The lowest BCUT2D eigenvalue weighted by Gasteiger charge is -2.20. The number of azo groups is 1. The molecule has 0 spiro atoms. The van der Waals surface area contributed by atoms with Crippen LogP contribution in [0.1, 0.15) is 11.1 Å². The molecule has 0 saturated carbocycles. The van der Waals surface area contributed by atoms with Gasteiger partial charge in [-0.25, -0.2) is 4.98 Å². The van der Waals surface area contributed by atoms with Gasteiger partial charge in [-0.05, 0) is 48.4 Å². The molecular formula is C22H18Cl2N4S. The van der Waals surface area contributed by atoms with E-state index in [-0.39, 0.29) is 0 Å². The van der Waals surface area contributed by atoms with E-state index in [1.165, 1.54) is 16.9 Å². The molecule has 0 aliphatic rings. The molecule has 4 nitrogen and oxygen atoms in total. The van der Waals surface area contributed by atoms with E-state index in [4.69, 9.17) is 23.2 Å². The number of thiazole rings is 1. The van der Waals surface area contributed by atoms with Crippen molar-refractivity contribution < 1.29 is 0 Å². The summed E-state index contributed by atoms with van der Waals surface area (Å²) in [4.78, 5) is 6.67. The number of aromatic nitrogens is 1. The highest BCUT2D eigenvalue weighted by molar-refractivity contribution is 7.22. The molecule has 0 radical (unpaired) electrons. The molecule has 0 atom stereocenters. The number of hydrogen-bond donors (Lipinski definition) is 0. The first-order valence-electron chi connectivity index (χ1n) is 9.02. The number of benzene rings is 3. The van der Waals surface area contributed by atoms with Crippen LogP contribution < -0.4 is 4.90 Å². The summed E-state index contributed by atoms with van der Waals surface area (Å²) < 4.78 is 0.933. The number of halogens is 2. The number of rotatable bonds is 5. The Balaban J connectivity index is 1.52. The quantitative estimate of drug-likeness (QED) is 0.295. The van der Waals surface area contributed by atoms with Crippen LogP contribution in [0, 0.1) is 6.92 Å². The highest BCUT2D eigenvalue weighted by atomic mass is 35.5. The maximum Gasteiger partial charge on any atom is 0.231 e. The Bertz CT molecular complexity index is 1150. The number of aryl methyl sites for hydroxylation is 1. The van der Waals surface area contributed by atoms with Gasteiger partial charge in [-0.3, -0.25) is 0 Å². The minimum atomic E-state index is 0.485. The highest BCUT2D eigenvalue weighted by Gasteiger charge is 2.08. The van der Waals surface area contributed by atoms with Crippen molar-refractivity contribution in [2.24, 2.45) is 10.2 Å². The Morgan fingerprint density at radius 1 is 0.966 bits per heavy atom. The SMILES string of the molecule is Cc1cc(N(C)Cc2ccccc2)ccc1N=Nc1nc2cc(Cl)c(Cl)cc2s1. The summed E-state index contributed by atoms with van der Waals surface area (Å²) in [7, 11) is 2.08. The molecule has 0 N–H and O–H groups in total. The number of hydrogen-bond acceptors (Lipinski definition) is 5. The summed E-state index contributed by atoms with van der Waals surface area (Å²) in [5.41, 5.74) is 5.05. The van der Waals surface area contributed by atoms with E-state index in [9.17, 15) is 0 Å². The predicted molar refractivity (Wildman–Crippen MR) is 124 cm³/mol. The third-order valence-corrected chi connectivity index (χ3v) is 6.17. The number of fused-ring (bicyclic) bond motifs is 1. The third-order valence-electron chi connectivity index (χ3n) is 4.55. The molecule has 0 saturated heterocycles. The summed E-state index contributed by atoms with van der Waals surface area (Å²) in [6, 6.07) is 20.1. The van der Waals surface area contributed by atoms with Gasteiger partial charge >= 0.3 is 0 Å². The van der Waals surface area contributed by atoms with E-state index in [1.54, 1.807) is 12.1 Å². The first-order chi connectivity index (χ1) is 14.0. The van der Waals surface area contributed by atoms with Crippen LogP contribution in [0.5, 0.6) is 0 Å². The van der Waals surface area contributed by atoms with Crippen molar-refractivity contribution >= 4 is 61.3 Å². The van der Waals surface area contributed by atoms with Gasteiger partial charge in [-0.2, -0.15) is 0 Å². The summed E-state index contributed by atoms with van der Waals surface area (Å²) >= 11 is 13.6. The van der Waals surface area contributed by atoms with Gasteiger partial charge in [-0.1, -0.05) is 64.9 Å². The lowest BCUT2D eigenvalue weighted by Crippen LogP contribution is -2.16. The van der Waals surface area contributed by atoms with Crippen molar-refractivity contribution in [3.63, 3.8) is 0 Å². The fraction of sp³-hybridized carbons (Fsp3) is 0.136. The van der Waals surface area contributed by atoms with Crippen molar-refractivity contribution in [1.29, 1.82) is 0 Å². The lowest BCUT2D eigenvalue weighted by molar-refractivity contribution is 0.922. The summed E-state index contributed by atoms with van der Waals surface area (Å²) in [5, 5.41) is 10.3.